The summed E-state index contributed by atoms with van der Waals surface area (Å²) in [6.45, 7) is 0. The second kappa shape index (κ2) is 4.39. The van der Waals surface area contributed by atoms with Crippen LogP contribution < -0.4 is 0 Å². The normalized spacial score (nSPS) is 21.9. The van der Waals surface area contributed by atoms with Crippen molar-refractivity contribution in [2.24, 2.45) is 5.92 Å². The van der Waals surface area contributed by atoms with E-state index in [2.05, 4.69) is 0 Å². The van der Waals surface area contributed by atoms with Gasteiger partial charge in [-0.05, 0) is 17.5 Å². The van der Waals surface area contributed by atoms with Crippen LogP contribution in [0, 0.1) is 5.92 Å². The van der Waals surface area contributed by atoms with E-state index in [9.17, 15) is 9.90 Å². The van der Waals surface area contributed by atoms with Crippen molar-refractivity contribution >= 4 is 5.78 Å². The third-order valence-electron chi connectivity index (χ3n) is 3.56. The molecule has 0 aliphatic heterocycles. The van der Waals surface area contributed by atoms with Crippen molar-refractivity contribution < 1.29 is 9.90 Å². The molecule has 2 aromatic rings. The summed E-state index contributed by atoms with van der Waals surface area (Å²) in [5, 5.41) is 10.3. The molecule has 0 bridgehead atoms. The zero-order valence-electron chi connectivity index (χ0n) is 9.91. The van der Waals surface area contributed by atoms with Crippen molar-refractivity contribution in [3.63, 3.8) is 0 Å². The van der Waals surface area contributed by atoms with Crippen LogP contribution in [0.1, 0.15) is 27.6 Å². The number of fused-ring (bicyclic) bond motifs is 1. The van der Waals surface area contributed by atoms with Crippen LogP contribution in [0.2, 0.25) is 0 Å². The van der Waals surface area contributed by atoms with Gasteiger partial charge in [0.05, 0.1) is 12.0 Å². The SMILES string of the molecule is O=C1c2ccccc2[C@@H](O)C1Cc1ccccc1. The van der Waals surface area contributed by atoms with E-state index >= 15 is 0 Å². The van der Waals surface area contributed by atoms with Gasteiger partial charge in [0.15, 0.2) is 5.78 Å². The second-order valence-electron chi connectivity index (χ2n) is 4.69. The number of hydrogen-bond acceptors (Lipinski definition) is 2. The highest BCUT2D eigenvalue weighted by molar-refractivity contribution is 6.03. The highest BCUT2D eigenvalue weighted by atomic mass is 16.3. The number of aliphatic hydroxyl groups excluding tert-OH is 1. The summed E-state index contributed by atoms with van der Waals surface area (Å²) in [4.78, 5) is 12.3. The Hall–Kier alpha value is -1.93. The van der Waals surface area contributed by atoms with Gasteiger partial charge in [-0.15, -0.1) is 0 Å². The molecule has 2 nitrogen and oxygen atoms in total. The smallest absolute Gasteiger partial charge is 0.169 e. The second-order valence-corrected chi connectivity index (χ2v) is 4.69. The third-order valence-corrected chi connectivity index (χ3v) is 3.56. The van der Waals surface area contributed by atoms with Crippen LogP contribution in [0.25, 0.3) is 0 Å². The lowest BCUT2D eigenvalue weighted by Crippen LogP contribution is -2.16. The van der Waals surface area contributed by atoms with Gasteiger partial charge in [-0.3, -0.25) is 4.79 Å². The molecule has 0 fully saturated rings. The molecule has 1 aliphatic rings. The highest BCUT2D eigenvalue weighted by Gasteiger charge is 2.38. The Morgan fingerprint density at radius 3 is 2.33 bits per heavy atom. The van der Waals surface area contributed by atoms with Gasteiger partial charge in [-0.1, -0.05) is 54.6 Å². The molecule has 0 amide bonds. The molecule has 90 valence electrons. The van der Waals surface area contributed by atoms with Crippen LogP contribution in [0.4, 0.5) is 0 Å². The Morgan fingerprint density at radius 1 is 0.944 bits per heavy atom. The first kappa shape index (κ1) is 11.2. The molecule has 0 radical (unpaired) electrons. The quantitative estimate of drug-likeness (QED) is 0.873. The maximum atomic E-state index is 12.3. The third kappa shape index (κ3) is 1.75. The molecule has 1 aliphatic carbocycles. The van der Waals surface area contributed by atoms with Crippen LogP contribution >= 0.6 is 0 Å². The van der Waals surface area contributed by atoms with Crippen LogP contribution in [0.5, 0.6) is 0 Å². The van der Waals surface area contributed by atoms with Gasteiger partial charge in [0.25, 0.3) is 0 Å². The van der Waals surface area contributed by atoms with Crippen molar-refractivity contribution in [2.75, 3.05) is 0 Å². The summed E-state index contributed by atoms with van der Waals surface area (Å²) in [6.07, 6.45) is -0.0795. The standard InChI is InChI=1S/C16H14O2/c17-15-12-8-4-5-9-13(12)16(18)14(15)10-11-6-2-1-3-7-11/h1-9,14-15,17H,10H2/t14?,15-/m1/s1. The fourth-order valence-electron chi connectivity index (χ4n) is 2.61. The Bertz CT molecular complexity index is 575. The van der Waals surface area contributed by atoms with E-state index in [1.165, 1.54) is 0 Å². The van der Waals surface area contributed by atoms with Crippen LogP contribution in [-0.4, -0.2) is 10.9 Å². The lowest BCUT2D eigenvalue weighted by molar-refractivity contribution is 0.0757. The molecule has 0 aromatic heterocycles. The monoisotopic (exact) mass is 238 g/mol. The van der Waals surface area contributed by atoms with E-state index in [4.69, 9.17) is 0 Å². The molecular formula is C16H14O2. The van der Waals surface area contributed by atoms with Crippen LogP contribution in [0.15, 0.2) is 54.6 Å². The largest absolute Gasteiger partial charge is 0.388 e. The number of benzene rings is 2. The van der Waals surface area contributed by atoms with E-state index in [1.54, 1.807) is 6.07 Å². The van der Waals surface area contributed by atoms with Crippen molar-refractivity contribution in [3.8, 4) is 0 Å². The minimum atomic E-state index is -0.672. The molecule has 0 saturated carbocycles. The molecule has 18 heavy (non-hydrogen) atoms. The predicted molar refractivity (Wildman–Crippen MR) is 69.4 cm³/mol. The minimum Gasteiger partial charge on any atom is -0.388 e. The van der Waals surface area contributed by atoms with E-state index in [-0.39, 0.29) is 11.7 Å². The summed E-state index contributed by atoms with van der Waals surface area (Å²) in [6, 6.07) is 17.2. The summed E-state index contributed by atoms with van der Waals surface area (Å²) in [5.74, 6) is -0.285. The van der Waals surface area contributed by atoms with Crippen molar-refractivity contribution in [1.29, 1.82) is 0 Å². The van der Waals surface area contributed by atoms with Gasteiger partial charge >= 0.3 is 0 Å². The predicted octanol–water partition coefficient (Wildman–Crippen LogP) is 2.78. The first-order valence-corrected chi connectivity index (χ1v) is 6.12. The fourth-order valence-corrected chi connectivity index (χ4v) is 2.61. The van der Waals surface area contributed by atoms with Crippen LogP contribution in [0.3, 0.4) is 0 Å². The summed E-state index contributed by atoms with van der Waals surface area (Å²) in [7, 11) is 0. The van der Waals surface area contributed by atoms with E-state index in [1.807, 2.05) is 48.5 Å². The first-order chi connectivity index (χ1) is 8.77. The lowest BCUT2D eigenvalue weighted by Gasteiger charge is -2.13. The van der Waals surface area contributed by atoms with Gasteiger partial charge in [-0.2, -0.15) is 0 Å². The molecule has 0 heterocycles. The Morgan fingerprint density at radius 2 is 1.61 bits per heavy atom. The number of carbonyl (C=O) groups is 1. The molecule has 2 atom stereocenters. The van der Waals surface area contributed by atoms with Gasteiger partial charge < -0.3 is 5.11 Å². The molecule has 1 N–H and O–H groups in total. The molecule has 0 saturated heterocycles. The topological polar surface area (TPSA) is 37.3 Å². The number of ketones is 1. The van der Waals surface area contributed by atoms with Gasteiger partial charge in [0, 0.05) is 5.56 Å². The zero-order valence-corrected chi connectivity index (χ0v) is 9.91. The number of rotatable bonds is 2. The fraction of sp³-hybridized carbons (Fsp3) is 0.188. The average molecular weight is 238 g/mol. The number of Topliss-reactive ketones (excluding diaryl/α,β-unsaturated/α-hetero) is 1. The van der Waals surface area contributed by atoms with E-state index in [0.717, 1.165) is 11.1 Å². The van der Waals surface area contributed by atoms with Crippen molar-refractivity contribution in [1.82, 2.24) is 0 Å². The molecule has 2 aromatic carbocycles. The average Bonchev–Trinajstić information content (AvgIpc) is 2.66. The highest BCUT2D eigenvalue weighted by Crippen LogP contribution is 2.37. The number of aliphatic hydroxyl groups is 1. The van der Waals surface area contributed by atoms with Gasteiger partial charge in [-0.25, -0.2) is 0 Å². The minimum absolute atomic E-state index is 0.0574. The maximum absolute atomic E-state index is 12.3. The van der Waals surface area contributed by atoms with Crippen LogP contribution in [-0.2, 0) is 6.42 Å². The Kier molecular flexibility index (Phi) is 2.73. The van der Waals surface area contributed by atoms with E-state index < -0.39 is 6.10 Å². The Labute approximate surface area is 106 Å². The van der Waals surface area contributed by atoms with Crippen molar-refractivity contribution in [3.05, 3.63) is 71.3 Å². The van der Waals surface area contributed by atoms with E-state index in [0.29, 0.717) is 12.0 Å². The van der Waals surface area contributed by atoms with Crippen molar-refractivity contribution in [2.45, 2.75) is 12.5 Å². The molecule has 1 unspecified atom stereocenters. The summed E-state index contributed by atoms with van der Waals surface area (Å²) in [5.41, 5.74) is 2.53. The number of hydrogen-bond donors (Lipinski definition) is 1. The molecule has 2 heteroatoms. The lowest BCUT2D eigenvalue weighted by atomic mass is 9.94. The first-order valence-electron chi connectivity index (χ1n) is 6.12. The van der Waals surface area contributed by atoms with Gasteiger partial charge in [0.2, 0.25) is 0 Å². The summed E-state index contributed by atoms with van der Waals surface area (Å²) < 4.78 is 0. The van der Waals surface area contributed by atoms with Gasteiger partial charge in [0.1, 0.15) is 0 Å². The molecular weight excluding hydrogens is 224 g/mol. The number of carbonyl (C=O) groups excluding carboxylic acids is 1. The zero-order chi connectivity index (χ0) is 12.5. The summed E-state index contributed by atoms with van der Waals surface area (Å²) >= 11 is 0. The Balaban J connectivity index is 1.91. The molecule has 3 rings (SSSR count). The maximum Gasteiger partial charge on any atom is 0.169 e. The molecule has 0 spiro atoms.